The maximum Gasteiger partial charge on any atom is 0.308 e. The van der Waals surface area contributed by atoms with Gasteiger partial charge in [0.1, 0.15) is 0 Å². The monoisotopic (exact) mass is 258 g/mol. The zero-order valence-corrected chi connectivity index (χ0v) is 8.85. The van der Waals surface area contributed by atoms with Crippen LogP contribution in [0.4, 0.5) is 22.7 Å². The number of nitro benzene ring substituents is 3. The van der Waals surface area contributed by atoms with Gasteiger partial charge >= 0.3 is 11.4 Å². The Kier molecular flexibility index (Phi) is 3.68. The molecule has 0 aliphatic carbocycles. The van der Waals surface area contributed by atoms with E-state index in [1.54, 1.807) is 0 Å². The van der Waals surface area contributed by atoms with E-state index >= 15 is 0 Å². The summed E-state index contributed by atoms with van der Waals surface area (Å²) in [6, 6.07) is 1.21. The van der Waals surface area contributed by atoms with Crippen LogP contribution in [0, 0.1) is 30.3 Å². The van der Waals surface area contributed by atoms with Gasteiger partial charge in [0.15, 0.2) is 0 Å². The summed E-state index contributed by atoms with van der Waals surface area (Å²) in [6.45, 7) is 0. The van der Waals surface area contributed by atoms with E-state index in [1.165, 1.54) is 0 Å². The number of nitrogens with zero attached hydrogens (tertiary/aromatic N) is 3. The summed E-state index contributed by atoms with van der Waals surface area (Å²) in [5, 5.41) is 32.0. The number of nitrogens with one attached hydrogen (secondary N) is 1. The lowest BCUT2D eigenvalue weighted by atomic mass is 10.2. The Hall–Kier alpha value is -2.82. The summed E-state index contributed by atoms with van der Waals surface area (Å²) < 4.78 is 0. The average Bonchev–Trinajstić information content (AvgIpc) is 2.28. The van der Waals surface area contributed by atoms with Gasteiger partial charge in [0, 0.05) is 0 Å². The fraction of sp³-hybridized carbons (Fsp3) is 0.143. The second-order valence-electron chi connectivity index (χ2n) is 2.94. The highest BCUT2D eigenvalue weighted by Gasteiger charge is 2.30. The second kappa shape index (κ2) is 5.01. The van der Waals surface area contributed by atoms with Crippen LogP contribution in [0.15, 0.2) is 12.1 Å². The fourth-order valence-electron chi connectivity index (χ4n) is 1.20. The third-order valence-electron chi connectivity index (χ3n) is 1.89. The van der Waals surface area contributed by atoms with Crippen molar-refractivity contribution in [3.63, 3.8) is 0 Å². The number of hydrogen-bond donors (Lipinski definition) is 1. The van der Waals surface area contributed by atoms with Crippen LogP contribution in [0.5, 0.6) is 0 Å². The predicted molar refractivity (Wildman–Crippen MR) is 57.0 cm³/mol. The molecule has 0 atom stereocenters. The van der Waals surface area contributed by atoms with Gasteiger partial charge in [-0.1, -0.05) is 0 Å². The standard InChI is InChI=1S/C7H6N4O7/c1-18-8-7-5(10(14)15)2-4(9(12)13)3-6(7)11(16)17/h2-3,8H,1H3. The van der Waals surface area contributed by atoms with Crippen molar-refractivity contribution >= 4 is 22.7 Å². The van der Waals surface area contributed by atoms with Crippen LogP contribution < -0.4 is 5.48 Å². The van der Waals surface area contributed by atoms with Gasteiger partial charge in [-0.2, -0.15) is 0 Å². The molecule has 0 unspecified atom stereocenters. The van der Waals surface area contributed by atoms with Crippen molar-refractivity contribution in [2.45, 2.75) is 0 Å². The minimum atomic E-state index is -0.985. The van der Waals surface area contributed by atoms with Gasteiger partial charge < -0.3 is 0 Å². The molecule has 1 rings (SSSR count). The smallest absolute Gasteiger partial charge is 0.279 e. The van der Waals surface area contributed by atoms with Crippen molar-refractivity contribution in [3.8, 4) is 0 Å². The molecule has 0 aromatic heterocycles. The topological polar surface area (TPSA) is 151 Å². The molecule has 1 N–H and O–H groups in total. The summed E-state index contributed by atoms with van der Waals surface area (Å²) >= 11 is 0. The quantitative estimate of drug-likeness (QED) is 0.614. The van der Waals surface area contributed by atoms with Crippen LogP contribution in [0.2, 0.25) is 0 Å². The molecule has 0 fully saturated rings. The van der Waals surface area contributed by atoms with Crippen molar-refractivity contribution < 1.29 is 19.6 Å². The maximum absolute atomic E-state index is 10.7. The zero-order valence-electron chi connectivity index (χ0n) is 8.85. The molecule has 1 aromatic rings. The van der Waals surface area contributed by atoms with Gasteiger partial charge in [0.05, 0.1) is 34.0 Å². The molecule has 96 valence electrons. The third kappa shape index (κ3) is 2.46. The summed E-state index contributed by atoms with van der Waals surface area (Å²) in [7, 11) is 1.09. The second-order valence-corrected chi connectivity index (χ2v) is 2.94. The molecular weight excluding hydrogens is 252 g/mol. The Morgan fingerprint density at radius 3 is 1.72 bits per heavy atom. The van der Waals surface area contributed by atoms with E-state index in [0.717, 1.165) is 7.11 Å². The van der Waals surface area contributed by atoms with E-state index in [4.69, 9.17) is 0 Å². The average molecular weight is 258 g/mol. The Morgan fingerprint density at radius 1 is 1.00 bits per heavy atom. The maximum atomic E-state index is 10.7. The van der Waals surface area contributed by atoms with Crippen molar-refractivity contribution in [2.24, 2.45) is 0 Å². The zero-order chi connectivity index (χ0) is 13.9. The van der Waals surface area contributed by atoms with Gasteiger partial charge in [0.25, 0.3) is 5.69 Å². The van der Waals surface area contributed by atoms with Crippen molar-refractivity contribution in [3.05, 3.63) is 42.5 Å². The van der Waals surface area contributed by atoms with Crippen LogP contribution in [-0.4, -0.2) is 21.9 Å². The molecule has 0 bridgehead atoms. The lowest BCUT2D eigenvalue weighted by molar-refractivity contribution is -0.402. The first-order valence-electron chi connectivity index (χ1n) is 4.28. The largest absolute Gasteiger partial charge is 0.308 e. The number of non-ortho nitro benzene ring substituents is 1. The Morgan fingerprint density at radius 2 is 1.44 bits per heavy atom. The molecule has 0 heterocycles. The number of hydrogen-bond acceptors (Lipinski definition) is 8. The Labute approximate surface area is 98.4 Å². The number of benzene rings is 1. The molecule has 0 aliphatic rings. The molecule has 0 spiro atoms. The molecule has 1 aromatic carbocycles. The first-order valence-corrected chi connectivity index (χ1v) is 4.28. The SMILES string of the molecule is CONc1c([N+](=O)[O-])cc([N+](=O)[O-])cc1[N+](=O)[O-]. The fourth-order valence-corrected chi connectivity index (χ4v) is 1.20. The number of rotatable bonds is 5. The van der Waals surface area contributed by atoms with Gasteiger partial charge in [-0.15, -0.1) is 0 Å². The van der Waals surface area contributed by atoms with Crippen LogP contribution in [0.25, 0.3) is 0 Å². The van der Waals surface area contributed by atoms with Crippen molar-refractivity contribution in [1.29, 1.82) is 0 Å². The summed E-state index contributed by atoms with van der Waals surface area (Å²) in [4.78, 5) is 33.4. The molecular formula is C7H6N4O7. The first-order chi connectivity index (χ1) is 8.38. The first kappa shape index (κ1) is 13.2. The highest BCUT2D eigenvalue weighted by molar-refractivity contribution is 5.76. The molecule has 0 radical (unpaired) electrons. The van der Waals surface area contributed by atoms with Crippen molar-refractivity contribution in [2.75, 3.05) is 12.6 Å². The highest BCUT2D eigenvalue weighted by Crippen LogP contribution is 2.38. The van der Waals surface area contributed by atoms with E-state index in [-0.39, 0.29) is 0 Å². The van der Waals surface area contributed by atoms with E-state index < -0.39 is 37.5 Å². The minimum Gasteiger partial charge on any atom is -0.279 e. The normalized spacial score (nSPS) is 9.83. The Balaban J connectivity index is 3.59. The van der Waals surface area contributed by atoms with Gasteiger partial charge in [-0.3, -0.25) is 40.7 Å². The summed E-state index contributed by atoms with van der Waals surface area (Å²) in [5.41, 5.74) is -0.987. The molecule has 0 saturated carbocycles. The molecule has 0 amide bonds. The van der Waals surface area contributed by atoms with Gasteiger partial charge in [-0.25, -0.2) is 0 Å². The van der Waals surface area contributed by atoms with Crippen LogP contribution in [0.3, 0.4) is 0 Å². The van der Waals surface area contributed by atoms with Gasteiger partial charge in [-0.05, 0) is 0 Å². The molecule has 11 nitrogen and oxygen atoms in total. The lowest BCUT2D eigenvalue weighted by Gasteiger charge is -2.04. The van der Waals surface area contributed by atoms with E-state index in [2.05, 4.69) is 4.84 Å². The minimum absolute atomic E-state index is 0.557. The highest BCUT2D eigenvalue weighted by atomic mass is 16.7. The Bertz CT molecular complexity index is 494. The third-order valence-corrected chi connectivity index (χ3v) is 1.89. The van der Waals surface area contributed by atoms with E-state index in [0.29, 0.717) is 12.1 Å². The lowest BCUT2D eigenvalue weighted by Crippen LogP contribution is -2.05. The summed E-state index contributed by atoms with van der Waals surface area (Å²) in [5.74, 6) is 0. The predicted octanol–water partition coefficient (Wildman–Crippen LogP) is 1.38. The van der Waals surface area contributed by atoms with E-state index in [1.807, 2.05) is 5.48 Å². The molecule has 0 saturated heterocycles. The van der Waals surface area contributed by atoms with Crippen LogP contribution >= 0.6 is 0 Å². The number of anilines is 1. The van der Waals surface area contributed by atoms with Crippen molar-refractivity contribution in [1.82, 2.24) is 0 Å². The molecule has 0 aliphatic heterocycles. The van der Waals surface area contributed by atoms with Gasteiger partial charge in [0.2, 0.25) is 5.69 Å². The number of nitro groups is 3. The summed E-state index contributed by atoms with van der Waals surface area (Å²) in [6.07, 6.45) is 0. The molecule has 18 heavy (non-hydrogen) atoms. The van der Waals surface area contributed by atoms with E-state index in [9.17, 15) is 30.3 Å². The molecule has 11 heteroatoms. The van der Waals surface area contributed by atoms with Crippen LogP contribution in [0.1, 0.15) is 0 Å². The van der Waals surface area contributed by atoms with Crippen LogP contribution in [-0.2, 0) is 4.84 Å².